The zero-order valence-corrected chi connectivity index (χ0v) is 9.13. The third kappa shape index (κ3) is 2.84. The van der Waals surface area contributed by atoms with Crippen molar-refractivity contribution in [1.29, 1.82) is 0 Å². The molecule has 3 N–H and O–H groups in total. The van der Waals surface area contributed by atoms with Crippen LogP contribution in [0, 0.1) is 0 Å². The Hall–Kier alpha value is -1.81. The van der Waals surface area contributed by atoms with Crippen LogP contribution in [0.3, 0.4) is 0 Å². The van der Waals surface area contributed by atoms with E-state index in [1.807, 2.05) is 41.4 Å². The van der Waals surface area contributed by atoms with Gasteiger partial charge in [0.05, 0.1) is 6.33 Å². The van der Waals surface area contributed by atoms with Crippen molar-refractivity contribution in [3.05, 3.63) is 48.5 Å². The molecule has 1 aromatic heterocycles. The summed E-state index contributed by atoms with van der Waals surface area (Å²) in [5.74, 6) is 0. The molecule has 0 aliphatic rings. The van der Waals surface area contributed by atoms with Crippen molar-refractivity contribution in [3.63, 3.8) is 0 Å². The maximum Gasteiger partial charge on any atom is 0.0946 e. The number of imidazole rings is 1. The van der Waals surface area contributed by atoms with Crippen LogP contribution < -0.4 is 11.1 Å². The molecule has 0 saturated heterocycles. The maximum atomic E-state index is 5.84. The monoisotopic (exact) mass is 216 g/mol. The molecule has 16 heavy (non-hydrogen) atoms. The van der Waals surface area contributed by atoms with E-state index in [-0.39, 0.29) is 0 Å². The van der Waals surface area contributed by atoms with Gasteiger partial charge in [0.15, 0.2) is 0 Å². The molecule has 0 radical (unpaired) electrons. The van der Waals surface area contributed by atoms with Gasteiger partial charge in [-0.2, -0.15) is 0 Å². The van der Waals surface area contributed by atoms with Crippen molar-refractivity contribution < 1.29 is 0 Å². The van der Waals surface area contributed by atoms with E-state index < -0.39 is 0 Å². The smallest absolute Gasteiger partial charge is 0.0946 e. The van der Waals surface area contributed by atoms with Gasteiger partial charge >= 0.3 is 0 Å². The number of nitrogens with one attached hydrogen (secondary N) is 1. The molecule has 0 fully saturated rings. The van der Waals surface area contributed by atoms with Crippen LogP contribution in [-0.2, 0) is 13.1 Å². The second-order valence-corrected chi connectivity index (χ2v) is 3.68. The standard InChI is InChI=1S/C12H16N4/c13-12-4-2-1-3-11(12)9-14-5-7-16-8-6-15-10-16/h1-4,6,8,10,14H,5,7,9,13H2. The molecule has 2 aromatic rings. The number of aromatic nitrogens is 2. The third-order valence-corrected chi connectivity index (χ3v) is 2.48. The number of nitrogen functional groups attached to an aromatic ring is 1. The molecule has 0 spiro atoms. The number of anilines is 1. The molecule has 0 aliphatic heterocycles. The van der Waals surface area contributed by atoms with E-state index in [1.165, 1.54) is 0 Å². The summed E-state index contributed by atoms with van der Waals surface area (Å²) in [5, 5.41) is 3.35. The highest BCUT2D eigenvalue weighted by atomic mass is 15.0. The van der Waals surface area contributed by atoms with Gasteiger partial charge in [-0.15, -0.1) is 0 Å². The molecule has 0 atom stereocenters. The minimum Gasteiger partial charge on any atom is -0.398 e. The molecule has 0 saturated carbocycles. The van der Waals surface area contributed by atoms with Crippen molar-refractivity contribution >= 4 is 5.69 Å². The topological polar surface area (TPSA) is 55.9 Å². The zero-order chi connectivity index (χ0) is 11.2. The normalized spacial score (nSPS) is 10.5. The van der Waals surface area contributed by atoms with Crippen molar-refractivity contribution in [2.45, 2.75) is 13.1 Å². The second-order valence-electron chi connectivity index (χ2n) is 3.68. The lowest BCUT2D eigenvalue weighted by Crippen LogP contribution is -2.19. The van der Waals surface area contributed by atoms with Gasteiger partial charge in [0, 0.05) is 37.7 Å². The molecule has 1 aromatic carbocycles. The van der Waals surface area contributed by atoms with Gasteiger partial charge in [0.1, 0.15) is 0 Å². The van der Waals surface area contributed by atoms with Crippen LogP contribution in [0.25, 0.3) is 0 Å². The Morgan fingerprint density at radius 2 is 2.19 bits per heavy atom. The summed E-state index contributed by atoms with van der Waals surface area (Å²) in [6.07, 6.45) is 5.56. The van der Waals surface area contributed by atoms with E-state index in [9.17, 15) is 0 Å². The van der Waals surface area contributed by atoms with Crippen LogP contribution in [0.5, 0.6) is 0 Å². The molecule has 0 aliphatic carbocycles. The summed E-state index contributed by atoms with van der Waals surface area (Å²) >= 11 is 0. The first kappa shape index (κ1) is 10.7. The summed E-state index contributed by atoms with van der Waals surface area (Å²) in [6, 6.07) is 7.92. The molecule has 0 amide bonds. The number of rotatable bonds is 5. The Kier molecular flexibility index (Phi) is 3.56. The average Bonchev–Trinajstić information content (AvgIpc) is 2.79. The lowest BCUT2D eigenvalue weighted by molar-refractivity contribution is 0.598. The van der Waals surface area contributed by atoms with E-state index >= 15 is 0 Å². The summed E-state index contributed by atoms with van der Waals surface area (Å²) < 4.78 is 2.04. The minimum atomic E-state index is 0.807. The van der Waals surface area contributed by atoms with Gasteiger partial charge < -0.3 is 15.6 Å². The fraction of sp³-hybridized carbons (Fsp3) is 0.250. The number of nitrogens with two attached hydrogens (primary N) is 1. The molecule has 0 unspecified atom stereocenters. The minimum absolute atomic E-state index is 0.807. The molecule has 4 nitrogen and oxygen atoms in total. The van der Waals surface area contributed by atoms with Crippen LogP contribution in [0.15, 0.2) is 43.0 Å². The third-order valence-electron chi connectivity index (χ3n) is 2.48. The van der Waals surface area contributed by atoms with Gasteiger partial charge in [-0.1, -0.05) is 18.2 Å². The Morgan fingerprint density at radius 1 is 1.31 bits per heavy atom. The summed E-state index contributed by atoms with van der Waals surface area (Å²) in [4.78, 5) is 3.99. The Labute approximate surface area is 95.1 Å². The predicted molar refractivity (Wildman–Crippen MR) is 64.8 cm³/mol. The van der Waals surface area contributed by atoms with Crippen molar-refractivity contribution in [2.24, 2.45) is 0 Å². The summed E-state index contributed by atoms with van der Waals surface area (Å²) in [7, 11) is 0. The van der Waals surface area contributed by atoms with E-state index in [0.29, 0.717) is 0 Å². The van der Waals surface area contributed by atoms with Gasteiger partial charge in [0.2, 0.25) is 0 Å². The SMILES string of the molecule is Nc1ccccc1CNCCn1ccnc1. The lowest BCUT2D eigenvalue weighted by atomic mass is 10.2. The number of hydrogen-bond acceptors (Lipinski definition) is 3. The van der Waals surface area contributed by atoms with E-state index in [0.717, 1.165) is 30.9 Å². The molecule has 0 bridgehead atoms. The van der Waals surface area contributed by atoms with Crippen LogP contribution in [0.4, 0.5) is 5.69 Å². The van der Waals surface area contributed by atoms with Crippen molar-refractivity contribution in [2.75, 3.05) is 12.3 Å². The molecule has 4 heteroatoms. The fourth-order valence-electron chi connectivity index (χ4n) is 1.55. The van der Waals surface area contributed by atoms with E-state index in [4.69, 9.17) is 5.73 Å². The first-order chi connectivity index (χ1) is 7.86. The molecule has 1 heterocycles. The largest absolute Gasteiger partial charge is 0.398 e. The van der Waals surface area contributed by atoms with Crippen LogP contribution in [0.2, 0.25) is 0 Å². The number of benzene rings is 1. The number of hydrogen-bond donors (Lipinski definition) is 2. The maximum absolute atomic E-state index is 5.84. The van der Waals surface area contributed by atoms with Gasteiger partial charge in [-0.25, -0.2) is 4.98 Å². The van der Waals surface area contributed by atoms with Crippen LogP contribution in [-0.4, -0.2) is 16.1 Å². The summed E-state index contributed by atoms with van der Waals surface area (Å²) in [5.41, 5.74) is 7.83. The number of para-hydroxylation sites is 1. The first-order valence-corrected chi connectivity index (χ1v) is 5.36. The highest BCUT2D eigenvalue weighted by Crippen LogP contribution is 2.09. The molecular weight excluding hydrogens is 200 g/mol. The highest BCUT2D eigenvalue weighted by Gasteiger charge is 1.96. The summed E-state index contributed by atoms with van der Waals surface area (Å²) in [6.45, 7) is 2.64. The molecular formula is C12H16N4. The van der Waals surface area contributed by atoms with E-state index in [1.54, 1.807) is 6.20 Å². The number of nitrogens with zero attached hydrogens (tertiary/aromatic N) is 2. The predicted octanol–water partition coefficient (Wildman–Crippen LogP) is 1.26. The second kappa shape index (κ2) is 5.32. The Balaban J connectivity index is 1.74. The fourth-order valence-corrected chi connectivity index (χ4v) is 1.55. The van der Waals surface area contributed by atoms with Crippen LogP contribution >= 0.6 is 0 Å². The molecule has 84 valence electrons. The molecule has 2 rings (SSSR count). The van der Waals surface area contributed by atoms with E-state index in [2.05, 4.69) is 10.3 Å². The lowest BCUT2D eigenvalue weighted by Gasteiger charge is -2.07. The van der Waals surface area contributed by atoms with Gasteiger partial charge in [0.25, 0.3) is 0 Å². The Bertz CT molecular complexity index is 422. The highest BCUT2D eigenvalue weighted by molar-refractivity contribution is 5.46. The van der Waals surface area contributed by atoms with Gasteiger partial charge in [-0.05, 0) is 11.6 Å². The average molecular weight is 216 g/mol. The zero-order valence-electron chi connectivity index (χ0n) is 9.13. The van der Waals surface area contributed by atoms with Crippen molar-refractivity contribution in [3.8, 4) is 0 Å². The van der Waals surface area contributed by atoms with Gasteiger partial charge in [-0.3, -0.25) is 0 Å². The van der Waals surface area contributed by atoms with Crippen LogP contribution in [0.1, 0.15) is 5.56 Å². The Morgan fingerprint density at radius 3 is 2.94 bits per heavy atom. The quantitative estimate of drug-likeness (QED) is 0.584. The first-order valence-electron chi connectivity index (χ1n) is 5.36. The van der Waals surface area contributed by atoms with Crippen molar-refractivity contribution in [1.82, 2.24) is 14.9 Å².